The minimum absolute atomic E-state index is 0. The molecule has 2 aromatic rings. The summed E-state index contributed by atoms with van der Waals surface area (Å²) in [6, 6.07) is 16.9. The second kappa shape index (κ2) is 9.86. The lowest BCUT2D eigenvalue weighted by Crippen LogP contribution is -2.31. The predicted molar refractivity (Wildman–Crippen MR) is 109 cm³/mol. The number of nitrogens with two attached hydrogens (primary N) is 1. The lowest BCUT2D eigenvalue weighted by molar-refractivity contribution is -0.131. The van der Waals surface area contributed by atoms with E-state index in [1.165, 1.54) is 11.6 Å². The highest BCUT2D eigenvalue weighted by molar-refractivity contribution is 5.85. The van der Waals surface area contributed by atoms with Gasteiger partial charge in [0.25, 0.3) is 0 Å². The molecule has 1 aliphatic heterocycles. The van der Waals surface area contributed by atoms with Gasteiger partial charge in [-0.3, -0.25) is 4.79 Å². The van der Waals surface area contributed by atoms with Gasteiger partial charge in [0, 0.05) is 25.4 Å². The van der Waals surface area contributed by atoms with Crippen LogP contribution in [0.3, 0.4) is 0 Å². The van der Waals surface area contributed by atoms with Gasteiger partial charge < -0.3 is 10.6 Å². The van der Waals surface area contributed by atoms with E-state index in [9.17, 15) is 9.18 Å². The molecule has 1 saturated heterocycles. The molecule has 1 amide bonds. The molecule has 1 unspecified atom stereocenters. The molecule has 1 fully saturated rings. The average Bonchev–Trinajstić information content (AvgIpc) is 3.07. The number of amides is 1. The predicted octanol–water partition coefficient (Wildman–Crippen LogP) is 4.02. The van der Waals surface area contributed by atoms with Crippen LogP contribution < -0.4 is 5.73 Å². The van der Waals surface area contributed by atoms with Gasteiger partial charge in [0.05, 0.1) is 0 Å². The van der Waals surface area contributed by atoms with Crippen molar-refractivity contribution in [3.63, 3.8) is 0 Å². The first-order valence-corrected chi connectivity index (χ1v) is 9.34. The Bertz CT molecular complexity index is 740. The van der Waals surface area contributed by atoms with Gasteiger partial charge in [-0.15, -0.1) is 12.4 Å². The van der Waals surface area contributed by atoms with Crippen molar-refractivity contribution in [3.05, 3.63) is 71.5 Å². The van der Waals surface area contributed by atoms with Gasteiger partial charge in [0.2, 0.25) is 5.91 Å². The van der Waals surface area contributed by atoms with E-state index in [0.717, 1.165) is 18.7 Å². The van der Waals surface area contributed by atoms with Gasteiger partial charge in [-0.1, -0.05) is 49.4 Å². The Balaban J connectivity index is 0.00000261. The van der Waals surface area contributed by atoms with Crippen molar-refractivity contribution in [2.45, 2.75) is 25.7 Å². The fraction of sp³-hybridized carbons (Fsp3) is 0.409. The van der Waals surface area contributed by atoms with Crippen molar-refractivity contribution in [3.8, 4) is 0 Å². The van der Waals surface area contributed by atoms with Crippen LogP contribution in [0.25, 0.3) is 0 Å². The topological polar surface area (TPSA) is 46.3 Å². The summed E-state index contributed by atoms with van der Waals surface area (Å²) in [4.78, 5) is 14.7. The lowest BCUT2D eigenvalue weighted by Gasteiger charge is -2.19. The molecule has 5 heteroatoms. The molecule has 146 valence electrons. The van der Waals surface area contributed by atoms with Gasteiger partial charge in [-0.2, -0.15) is 0 Å². The molecule has 0 spiro atoms. The number of rotatable bonds is 6. The number of halogens is 2. The van der Waals surface area contributed by atoms with E-state index in [-0.39, 0.29) is 30.0 Å². The minimum atomic E-state index is -0.225. The first-order valence-electron chi connectivity index (χ1n) is 9.34. The number of carbonyl (C=O) groups is 1. The van der Waals surface area contributed by atoms with E-state index in [2.05, 4.69) is 12.1 Å². The lowest BCUT2D eigenvalue weighted by atomic mass is 9.89. The van der Waals surface area contributed by atoms with Crippen LogP contribution in [0.1, 0.15) is 30.4 Å². The van der Waals surface area contributed by atoms with Crippen LogP contribution in [0, 0.1) is 17.7 Å². The fourth-order valence-corrected chi connectivity index (χ4v) is 3.96. The maximum Gasteiger partial charge on any atom is 0.222 e. The average molecular weight is 391 g/mol. The third-order valence-electron chi connectivity index (χ3n) is 5.32. The summed E-state index contributed by atoms with van der Waals surface area (Å²) in [7, 11) is 0. The Hall–Kier alpha value is -1.91. The molecule has 2 aromatic carbocycles. The number of likely N-dealkylation sites (tertiary alicyclic amines) is 1. The highest BCUT2D eigenvalue weighted by Crippen LogP contribution is 2.32. The normalized spacial score (nSPS) is 20.2. The van der Waals surface area contributed by atoms with Crippen LogP contribution >= 0.6 is 12.4 Å². The van der Waals surface area contributed by atoms with Crippen molar-refractivity contribution in [1.29, 1.82) is 0 Å². The maximum atomic E-state index is 13.3. The maximum absolute atomic E-state index is 13.3. The largest absolute Gasteiger partial charge is 0.342 e. The molecule has 0 radical (unpaired) electrons. The first kappa shape index (κ1) is 21.4. The van der Waals surface area contributed by atoms with E-state index in [4.69, 9.17) is 5.73 Å². The van der Waals surface area contributed by atoms with E-state index in [1.54, 1.807) is 12.1 Å². The number of carbonyl (C=O) groups excluding carboxylic acids is 1. The number of hydrogen-bond acceptors (Lipinski definition) is 2. The Morgan fingerprint density at radius 1 is 1.19 bits per heavy atom. The summed E-state index contributed by atoms with van der Waals surface area (Å²) in [6.07, 6.45) is 1.19. The van der Waals surface area contributed by atoms with E-state index < -0.39 is 0 Å². The molecule has 3 atom stereocenters. The van der Waals surface area contributed by atoms with Gasteiger partial charge in [-0.25, -0.2) is 4.39 Å². The first-order chi connectivity index (χ1) is 12.6. The molecule has 27 heavy (non-hydrogen) atoms. The summed E-state index contributed by atoms with van der Waals surface area (Å²) in [5.74, 6) is 0.739. The molecule has 0 aliphatic carbocycles. The minimum Gasteiger partial charge on any atom is -0.342 e. The van der Waals surface area contributed by atoms with Gasteiger partial charge in [-0.05, 0) is 48.1 Å². The SMILES string of the molecule is CC(CC(=O)N1C[C@@H](CN)[C@H](c2ccccc2)C1)Cc1cccc(F)c1.Cl. The second-order valence-electron chi connectivity index (χ2n) is 7.46. The Morgan fingerprint density at radius 2 is 1.93 bits per heavy atom. The van der Waals surface area contributed by atoms with Crippen LogP contribution in [-0.4, -0.2) is 30.4 Å². The Morgan fingerprint density at radius 3 is 2.59 bits per heavy atom. The quantitative estimate of drug-likeness (QED) is 0.809. The number of nitrogens with zero attached hydrogens (tertiary/aromatic N) is 1. The van der Waals surface area contributed by atoms with Crippen LogP contribution in [0.2, 0.25) is 0 Å². The number of hydrogen-bond donors (Lipinski definition) is 1. The zero-order valence-corrected chi connectivity index (χ0v) is 16.5. The van der Waals surface area contributed by atoms with Gasteiger partial charge >= 0.3 is 0 Å². The Kier molecular flexibility index (Phi) is 7.81. The fourth-order valence-electron chi connectivity index (χ4n) is 3.96. The molecule has 0 aromatic heterocycles. The van der Waals surface area contributed by atoms with Crippen molar-refractivity contribution < 1.29 is 9.18 Å². The van der Waals surface area contributed by atoms with Gasteiger partial charge in [0.1, 0.15) is 5.82 Å². The zero-order chi connectivity index (χ0) is 18.5. The van der Waals surface area contributed by atoms with E-state index in [0.29, 0.717) is 31.2 Å². The van der Waals surface area contributed by atoms with Crippen LogP contribution in [0.4, 0.5) is 4.39 Å². The van der Waals surface area contributed by atoms with Crippen molar-refractivity contribution >= 4 is 18.3 Å². The molecule has 2 N–H and O–H groups in total. The monoisotopic (exact) mass is 390 g/mol. The third kappa shape index (κ3) is 5.53. The third-order valence-corrected chi connectivity index (χ3v) is 5.32. The molecular weight excluding hydrogens is 363 g/mol. The van der Waals surface area contributed by atoms with E-state index in [1.807, 2.05) is 36.1 Å². The molecule has 1 heterocycles. The van der Waals surface area contributed by atoms with Crippen molar-refractivity contribution in [2.75, 3.05) is 19.6 Å². The molecule has 3 nitrogen and oxygen atoms in total. The summed E-state index contributed by atoms with van der Waals surface area (Å²) >= 11 is 0. The molecule has 1 aliphatic rings. The summed E-state index contributed by atoms with van der Waals surface area (Å²) in [5, 5.41) is 0. The number of benzene rings is 2. The zero-order valence-electron chi connectivity index (χ0n) is 15.7. The van der Waals surface area contributed by atoms with Crippen LogP contribution in [0.5, 0.6) is 0 Å². The van der Waals surface area contributed by atoms with Crippen LogP contribution in [0.15, 0.2) is 54.6 Å². The standard InChI is InChI=1S/C22H27FN2O.ClH/c1-16(10-17-6-5-9-20(23)12-17)11-22(26)25-14-19(13-24)21(15-25)18-7-3-2-4-8-18;/h2-9,12,16,19,21H,10-11,13-15,24H2,1H3;1H/t16?,19-,21+;/m1./s1. The molecule has 0 bridgehead atoms. The second-order valence-corrected chi connectivity index (χ2v) is 7.46. The molecule has 3 rings (SSSR count). The van der Waals surface area contributed by atoms with Crippen LogP contribution in [-0.2, 0) is 11.2 Å². The highest BCUT2D eigenvalue weighted by atomic mass is 35.5. The highest BCUT2D eigenvalue weighted by Gasteiger charge is 2.35. The summed E-state index contributed by atoms with van der Waals surface area (Å²) < 4.78 is 13.3. The van der Waals surface area contributed by atoms with Crippen molar-refractivity contribution in [2.24, 2.45) is 17.6 Å². The van der Waals surface area contributed by atoms with E-state index >= 15 is 0 Å². The smallest absolute Gasteiger partial charge is 0.222 e. The van der Waals surface area contributed by atoms with Gasteiger partial charge in [0.15, 0.2) is 0 Å². The Labute approximate surface area is 167 Å². The molecular formula is C22H28ClFN2O. The van der Waals surface area contributed by atoms with Crippen molar-refractivity contribution in [1.82, 2.24) is 4.90 Å². The summed E-state index contributed by atoms with van der Waals surface area (Å²) in [6.45, 7) is 4.09. The summed E-state index contributed by atoms with van der Waals surface area (Å²) in [5.41, 5.74) is 8.16. The molecule has 0 saturated carbocycles.